The number of para-hydroxylation sites is 2. The lowest BCUT2D eigenvalue weighted by Crippen LogP contribution is -2.41. The highest BCUT2D eigenvalue weighted by molar-refractivity contribution is 6.26. The molecule has 150 valence electrons. The first-order valence-electron chi connectivity index (χ1n) is 9.92. The van der Waals surface area contributed by atoms with Crippen molar-refractivity contribution in [3.05, 3.63) is 84.0 Å². The van der Waals surface area contributed by atoms with Crippen molar-refractivity contribution in [1.29, 1.82) is 0 Å². The summed E-state index contributed by atoms with van der Waals surface area (Å²) < 4.78 is 0. The van der Waals surface area contributed by atoms with Crippen molar-refractivity contribution in [2.45, 2.75) is 40.5 Å². The summed E-state index contributed by atoms with van der Waals surface area (Å²) in [7, 11) is 0. The summed E-state index contributed by atoms with van der Waals surface area (Å²) in [6.07, 6.45) is 4.74. The standard InChI is InChI=1S/C25H28N2O2/c1-19(2)15-17-25(18-16-20(3)4)23(28)26(21-11-7-5-8-12-21)27(24(25)29)22-13-9-6-10-14-22/h5-16H,17-18H2,1-4H3. The number of benzene rings is 2. The highest BCUT2D eigenvalue weighted by atomic mass is 16.2. The van der Waals surface area contributed by atoms with Crippen molar-refractivity contribution < 1.29 is 9.59 Å². The van der Waals surface area contributed by atoms with E-state index in [4.69, 9.17) is 0 Å². The number of carbonyl (C=O) groups excluding carboxylic acids is 2. The predicted octanol–water partition coefficient (Wildman–Crippen LogP) is 5.68. The third kappa shape index (κ3) is 4.02. The predicted molar refractivity (Wildman–Crippen MR) is 118 cm³/mol. The summed E-state index contributed by atoms with van der Waals surface area (Å²) in [5.41, 5.74) is 2.40. The van der Waals surface area contributed by atoms with Crippen LogP contribution in [0.3, 0.4) is 0 Å². The molecule has 0 radical (unpaired) electrons. The van der Waals surface area contributed by atoms with Crippen molar-refractivity contribution in [3.63, 3.8) is 0 Å². The van der Waals surface area contributed by atoms with Crippen molar-refractivity contribution >= 4 is 23.2 Å². The molecule has 4 nitrogen and oxygen atoms in total. The largest absolute Gasteiger partial charge is 0.271 e. The van der Waals surface area contributed by atoms with Crippen LogP contribution >= 0.6 is 0 Å². The Morgan fingerprint density at radius 2 is 1.03 bits per heavy atom. The zero-order chi connectivity index (χ0) is 21.0. The second-order valence-corrected chi connectivity index (χ2v) is 7.96. The molecule has 1 heterocycles. The quantitative estimate of drug-likeness (QED) is 0.472. The number of hydrogen-bond acceptors (Lipinski definition) is 2. The number of hydrogen-bond donors (Lipinski definition) is 0. The molecular formula is C25H28N2O2. The zero-order valence-corrected chi connectivity index (χ0v) is 17.6. The van der Waals surface area contributed by atoms with E-state index in [-0.39, 0.29) is 11.8 Å². The van der Waals surface area contributed by atoms with Gasteiger partial charge in [0.05, 0.1) is 11.4 Å². The summed E-state index contributed by atoms with van der Waals surface area (Å²) in [6.45, 7) is 7.95. The average molecular weight is 389 g/mol. The molecule has 2 amide bonds. The number of amides is 2. The lowest BCUT2D eigenvalue weighted by Gasteiger charge is -2.27. The Labute approximate surface area is 173 Å². The average Bonchev–Trinajstić information content (AvgIpc) is 2.93. The van der Waals surface area contributed by atoms with Crippen molar-refractivity contribution in [2.75, 3.05) is 10.0 Å². The van der Waals surface area contributed by atoms with E-state index in [1.165, 1.54) is 10.0 Å². The van der Waals surface area contributed by atoms with E-state index in [2.05, 4.69) is 0 Å². The number of anilines is 2. The Bertz CT molecular complexity index is 858. The molecule has 4 heteroatoms. The van der Waals surface area contributed by atoms with Gasteiger partial charge in [-0.15, -0.1) is 0 Å². The van der Waals surface area contributed by atoms with Gasteiger partial charge in [0.1, 0.15) is 5.41 Å². The van der Waals surface area contributed by atoms with E-state index in [0.717, 1.165) is 11.1 Å². The molecule has 0 aliphatic carbocycles. The molecule has 1 aliphatic rings. The zero-order valence-electron chi connectivity index (χ0n) is 17.6. The number of allylic oxidation sites excluding steroid dienone is 4. The van der Waals surface area contributed by atoms with Gasteiger partial charge in [0, 0.05) is 0 Å². The topological polar surface area (TPSA) is 40.6 Å². The van der Waals surface area contributed by atoms with Gasteiger partial charge in [0.15, 0.2) is 0 Å². The van der Waals surface area contributed by atoms with E-state index in [1.54, 1.807) is 0 Å². The summed E-state index contributed by atoms with van der Waals surface area (Å²) in [5, 5.41) is 3.07. The molecule has 0 atom stereocenters. The third-order valence-corrected chi connectivity index (χ3v) is 5.12. The molecule has 0 N–H and O–H groups in total. The lowest BCUT2D eigenvalue weighted by molar-refractivity contribution is -0.134. The maximum Gasteiger partial charge on any atom is 0.262 e. The van der Waals surface area contributed by atoms with Gasteiger partial charge in [-0.25, -0.2) is 10.0 Å². The Kier molecular flexibility index (Phi) is 6.02. The van der Waals surface area contributed by atoms with E-state index < -0.39 is 5.41 Å². The molecule has 0 unspecified atom stereocenters. The minimum Gasteiger partial charge on any atom is -0.271 e. The molecule has 29 heavy (non-hydrogen) atoms. The van der Waals surface area contributed by atoms with Crippen LogP contribution in [0.2, 0.25) is 0 Å². The number of carbonyl (C=O) groups is 2. The number of rotatable bonds is 6. The van der Waals surface area contributed by atoms with E-state index in [0.29, 0.717) is 24.2 Å². The first kappa shape index (κ1) is 20.6. The van der Waals surface area contributed by atoms with Gasteiger partial charge in [-0.2, -0.15) is 0 Å². The lowest BCUT2D eigenvalue weighted by atomic mass is 9.79. The maximum absolute atomic E-state index is 13.9. The minimum absolute atomic E-state index is 0.187. The summed E-state index contributed by atoms with van der Waals surface area (Å²) in [5.74, 6) is -0.375. The highest BCUT2D eigenvalue weighted by Gasteiger charge is 2.58. The van der Waals surface area contributed by atoms with Crippen LogP contribution in [0.15, 0.2) is 84.0 Å². The minimum atomic E-state index is -1.15. The molecule has 1 aliphatic heterocycles. The van der Waals surface area contributed by atoms with E-state index in [1.807, 2.05) is 101 Å². The molecule has 2 aromatic carbocycles. The second kappa shape index (κ2) is 8.48. The van der Waals surface area contributed by atoms with Gasteiger partial charge in [-0.05, 0) is 64.8 Å². The first-order valence-corrected chi connectivity index (χ1v) is 9.92. The van der Waals surface area contributed by atoms with Crippen molar-refractivity contribution in [1.82, 2.24) is 0 Å². The van der Waals surface area contributed by atoms with Crippen LogP contribution in [-0.2, 0) is 9.59 Å². The smallest absolute Gasteiger partial charge is 0.262 e. The van der Waals surface area contributed by atoms with Gasteiger partial charge in [0.25, 0.3) is 11.8 Å². The van der Waals surface area contributed by atoms with Crippen LogP contribution in [0.1, 0.15) is 40.5 Å². The fourth-order valence-corrected chi connectivity index (χ4v) is 3.47. The highest BCUT2D eigenvalue weighted by Crippen LogP contribution is 2.43. The number of nitrogens with zero attached hydrogens (tertiary/aromatic N) is 2. The molecule has 1 fully saturated rings. The normalized spacial score (nSPS) is 15.4. The molecule has 0 spiro atoms. The van der Waals surface area contributed by atoms with Crippen LogP contribution in [0.4, 0.5) is 11.4 Å². The Balaban J connectivity index is 2.19. The molecule has 2 aromatic rings. The molecule has 0 aromatic heterocycles. The molecule has 0 bridgehead atoms. The molecule has 0 saturated carbocycles. The Morgan fingerprint density at radius 3 is 1.34 bits per heavy atom. The van der Waals surface area contributed by atoms with Gasteiger partial charge in [-0.1, -0.05) is 59.7 Å². The Morgan fingerprint density at radius 1 is 0.690 bits per heavy atom. The SMILES string of the molecule is CC(C)=CCC1(CC=C(C)C)C(=O)N(c2ccccc2)N(c2ccccc2)C1=O. The van der Waals surface area contributed by atoms with Crippen molar-refractivity contribution in [3.8, 4) is 0 Å². The van der Waals surface area contributed by atoms with Crippen LogP contribution in [0.5, 0.6) is 0 Å². The first-order chi connectivity index (χ1) is 13.9. The van der Waals surface area contributed by atoms with E-state index >= 15 is 0 Å². The Hall–Kier alpha value is -3.14. The second-order valence-electron chi connectivity index (χ2n) is 7.96. The fraction of sp³-hybridized carbons (Fsp3) is 0.280. The van der Waals surface area contributed by atoms with E-state index in [9.17, 15) is 9.59 Å². The van der Waals surface area contributed by atoms with Gasteiger partial charge in [-0.3, -0.25) is 9.59 Å². The van der Waals surface area contributed by atoms with Crippen LogP contribution in [0.25, 0.3) is 0 Å². The van der Waals surface area contributed by atoms with Crippen LogP contribution < -0.4 is 10.0 Å². The maximum atomic E-state index is 13.9. The fourth-order valence-electron chi connectivity index (χ4n) is 3.47. The number of hydrazine groups is 1. The van der Waals surface area contributed by atoms with Gasteiger partial charge < -0.3 is 0 Å². The van der Waals surface area contributed by atoms with Gasteiger partial charge in [0.2, 0.25) is 0 Å². The summed E-state index contributed by atoms with van der Waals surface area (Å²) in [4.78, 5) is 27.7. The molecular weight excluding hydrogens is 360 g/mol. The monoisotopic (exact) mass is 388 g/mol. The van der Waals surface area contributed by atoms with Crippen LogP contribution in [0, 0.1) is 5.41 Å². The summed E-state index contributed by atoms with van der Waals surface area (Å²) in [6, 6.07) is 18.8. The molecule has 1 saturated heterocycles. The van der Waals surface area contributed by atoms with Gasteiger partial charge >= 0.3 is 0 Å². The van der Waals surface area contributed by atoms with Crippen molar-refractivity contribution in [2.24, 2.45) is 5.41 Å². The molecule has 3 rings (SSSR count). The summed E-state index contributed by atoms with van der Waals surface area (Å²) >= 11 is 0. The third-order valence-electron chi connectivity index (χ3n) is 5.12. The van der Waals surface area contributed by atoms with Crippen LogP contribution in [-0.4, -0.2) is 11.8 Å².